The number of rotatable bonds is 9. The second-order valence-corrected chi connectivity index (χ2v) is 5.80. The highest BCUT2D eigenvalue weighted by molar-refractivity contribution is 5.18. The van der Waals surface area contributed by atoms with E-state index in [1.807, 2.05) is 6.07 Å². The number of hydrogen-bond acceptors (Lipinski definition) is 3. The first kappa shape index (κ1) is 17.2. The first-order valence-electron chi connectivity index (χ1n) is 7.59. The van der Waals surface area contributed by atoms with E-state index in [2.05, 4.69) is 62.2 Å². The lowest BCUT2D eigenvalue weighted by atomic mass is 10.1. The Bertz CT molecular complexity index is 343. The van der Waals surface area contributed by atoms with Gasteiger partial charge in [-0.05, 0) is 33.3 Å². The normalized spacial score (nSPS) is 13.4. The molecule has 1 N–H and O–H groups in total. The molecule has 0 amide bonds. The summed E-state index contributed by atoms with van der Waals surface area (Å²) < 4.78 is 5.33. The number of hydrogen-bond donors (Lipinski definition) is 1. The van der Waals surface area contributed by atoms with E-state index in [1.54, 1.807) is 7.11 Å². The fourth-order valence-corrected chi connectivity index (χ4v) is 2.61. The molecule has 1 rings (SSSR count). The molecule has 0 bridgehead atoms. The topological polar surface area (TPSA) is 24.5 Å². The molecule has 0 saturated carbocycles. The monoisotopic (exact) mass is 278 g/mol. The molecule has 0 heterocycles. The summed E-state index contributed by atoms with van der Waals surface area (Å²) in [6.07, 6.45) is 0. The van der Waals surface area contributed by atoms with Crippen molar-refractivity contribution in [3.8, 4) is 0 Å². The highest BCUT2D eigenvalue weighted by Gasteiger charge is 2.14. The summed E-state index contributed by atoms with van der Waals surface area (Å²) in [6, 6.07) is 11.9. The lowest BCUT2D eigenvalue weighted by Gasteiger charge is -2.31. The molecule has 0 aliphatic rings. The van der Waals surface area contributed by atoms with E-state index in [4.69, 9.17) is 4.74 Å². The van der Waals surface area contributed by atoms with Gasteiger partial charge >= 0.3 is 0 Å². The molecule has 20 heavy (non-hydrogen) atoms. The second-order valence-electron chi connectivity index (χ2n) is 5.80. The maximum atomic E-state index is 5.33. The van der Waals surface area contributed by atoms with Crippen LogP contribution in [-0.4, -0.2) is 43.8 Å². The third-order valence-corrected chi connectivity index (χ3v) is 3.62. The van der Waals surface area contributed by atoms with Crippen molar-refractivity contribution in [1.82, 2.24) is 10.2 Å². The van der Waals surface area contributed by atoms with Crippen molar-refractivity contribution in [2.24, 2.45) is 0 Å². The van der Waals surface area contributed by atoms with Gasteiger partial charge in [0.05, 0.1) is 12.6 Å². The predicted molar refractivity (Wildman–Crippen MR) is 86.0 cm³/mol. The fourth-order valence-electron chi connectivity index (χ4n) is 2.61. The Morgan fingerprint density at radius 3 is 2.15 bits per heavy atom. The van der Waals surface area contributed by atoms with Gasteiger partial charge in [0.1, 0.15) is 0 Å². The molecule has 1 aromatic rings. The minimum Gasteiger partial charge on any atom is -0.383 e. The van der Waals surface area contributed by atoms with Crippen LogP contribution in [0.5, 0.6) is 0 Å². The standard InChI is InChI=1S/C17H30N2O/c1-14(2)19(15(3)4)12-11-18-17(13-20-5)16-9-7-6-8-10-16/h6-10,14-15,17-18H,11-13H2,1-5H3. The van der Waals surface area contributed by atoms with Crippen molar-refractivity contribution in [3.63, 3.8) is 0 Å². The van der Waals surface area contributed by atoms with Crippen molar-refractivity contribution in [2.75, 3.05) is 26.8 Å². The molecule has 1 atom stereocenters. The van der Waals surface area contributed by atoms with Gasteiger partial charge in [-0.3, -0.25) is 4.90 Å². The van der Waals surface area contributed by atoms with Crippen molar-refractivity contribution in [2.45, 2.75) is 45.8 Å². The summed E-state index contributed by atoms with van der Waals surface area (Å²) in [6.45, 7) is 11.7. The van der Waals surface area contributed by atoms with Crippen LogP contribution in [0.2, 0.25) is 0 Å². The van der Waals surface area contributed by atoms with Crippen LogP contribution in [0, 0.1) is 0 Å². The molecule has 3 nitrogen and oxygen atoms in total. The van der Waals surface area contributed by atoms with Crippen molar-refractivity contribution >= 4 is 0 Å². The van der Waals surface area contributed by atoms with Crippen molar-refractivity contribution in [1.29, 1.82) is 0 Å². The maximum Gasteiger partial charge on any atom is 0.0657 e. The number of ether oxygens (including phenoxy) is 1. The third kappa shape index (κ3) is 5.61. The summed E-state index contributed by atoms with van der Waals surface area (Å²) in [5, 5.41) is 3.61. The number of benzene rings is 1. The molecule has 0 saturated heterocycles. The van der Waals surface area contributed by atoms with Gasteiger partial charge < -0.3 is 10.1 Å². The first-order chi connectivity index (χ1) is 9.56. The quantitative estimate of drug-likeness (QED) is 0.751. The van der Waals surface area contributed by atoms with Crippen molar-refractivity contribution < 1.29 is 4.74 Å². The van der Waals surface area contributed by atoms with Crippen LogP contribution in [0.1, 0.15) is 39.3 Å². The molecule has 1 aromatic carbocycles. The highest BCUT2D eigenvalue weighted by Crippen LogP contribution is 2.12. The van der Waals surface area contributed by atoms with Crippen LogP contribution >= 0.6 is 0 Å². The lowest BCUT2D eigenvalue weighted by Crippen LogP contribution is -2.42. The van der Waals surface area contributed by atoms with Crippen LogP contribution in [-0.2, 0) is 4.74 Å². The predicted octanol–water partition coefficient (Wildman–Crippen LogP) is 3.08. The van der Waals surface area contributed by atoms with E-state index in [0.29, 0.717) is 18.7 Å². The van der Waals surface area contributed by atoms with Gasteiger partial charge in [-0.2, -0.15) is 0 Å². The molecule has 114 valence electrons. The average Bonchev–Trinajstić information content (AvgIpc) is 2.42. The van der Waals surface area contributed by atoms with Gasteiger partial charge in [0, 0.05) is 32.3 Å². The summed E-state index contributed by atoms with van der Waals surface area (Å²) >= 11 is 0. The Labute approximate surface area is 124 Å². The van der Waals surface area contributed by atoms with E-state index in [0.717, 1.165) is 13.1 Å². The van der Waals surface area contributed by atoms with Gasteiger partial charge in [-0.25, -0.2) is 0 Å². The van der Waals surface area contributed by atoms with E-state index >= 15 is 0 Å². The van der Waals surface area contributed by atoms with E-state index in [-0.39, 0.29) is 6.04 Å². The summed E-state index contributed by atoms with van der Waals surface area (Å²) in [5.74, 6) is 0. The highest BCUT2D eigenvalue weighted by atomic mass is 16.5. The number of nitrogens with zero attached hydrogens (tertiary/aromatic N) is 1. The zero-order valence-electron chi connectivity index (χ0n) is 13.6. The molecule has 0 aromatic heterocycles. The van der Waals surface area contributed by atoms with Crippen LogP contribution in [0.4, 0.5) is 0 Å². The summed E-state index contributed by atoms with van der Waals surface area (Å²) in [5.41, 5.74) is 1.29. The van der Waals surface area contributed by atoms with Crippen LogP contribution in [0.15, 0.2) is 30.3 Å². The van der Waals surface area contributed by atoms with Crippen LogP contribution in [0.25, 0.3) is 0 Å². The van der Waals surface area contributed by atoms with Crippen molar-refractivity contribution in [3.05, 3.63) is 35.9 Å². The van der Waals surface area contributed by atoms with Gasteiger partial charge in [0.15, 0.2) is 0 Å². The lowest BCUT2D eigenvalue weighted by molar-refractivity contribution is 0.151. The van der Waals surface area contributed by atoms with Gasteiger partial charge in [0.25, 0.3) is 0 Å². The second kappa shape index (κ2) is 9.11. The minimum absolute atomic E-state index is 0.266. The Kier molecular flexibility index (Phi) is 7.82. The molecule has 1 unspecified atom stereocenters. The first-order valence-corrected chi connectivity index (χ1v) is 7.59. The zero-order valence-corrected chi connectivity index (χ0v) is 13.6. The van der Waals surface area contributed by atoms with Gasteiger partial charge in [-0.15, -0.1) is 0 Å². The van der Waals surface area contributed by atoms with Gasteiger partial charge in [0.2, 0.25) is 0 Å². The summed E-state index contributed by atoms with van der Waals surface area (Å²) in [7, 11) is 1.76. The fraction of sp³-hybridized carbons (Fsp3) is 0.647. The average molecular weight is 278 g/mol. The smallest absolute Gasteiger partial charge is 0.0657 e. The molecular formula is C17H30N2O. The Morgan fingerprint density at radius 2 is 1.65 bits per heavy atom. The number of methoxy groups -OCH3 is 1. The largest absolute Gasteiger partial charge is 0.383 e. The van der Waals surface area contributed by atoms with Crippen LogP contribution < -0.4 is 5.32 Å². The molecule has 0 radical (unpaired) electrons. The van der Waals surface area contributed by atoms with E-state index < -0.39 is 0 Å². The molecule has 0 aliphatic heterocycles. The Morgan fingerprint density at radius 1 is 1.05 bits per heavy atom. The Balaban J connectivity index is 2.51. The van der Waals surface area contributed by atoms with E-state index in [9.17, 15) is 0 Å². The molecule has 0 spiro atoms. The summed E-state index contributed by atoms with van der Waals surface area (Å²) in [4.78, 5) is 2.50. The zero-order chi connectivity index (χ0) is 15.0. The number of nitrogens with one attached hydrogen (secondary N) is 1. The maximum absolute atomic E-state index is 5.33. The molecule has 3 heteroatoms. The van der Waals surface area contributed by atoms with Crippen LogP contribution in [0.3, 0.4) is 0 Å². The minimum atomic E-state index is 0.266. The molecule has 0 fully saturated rings. The molecule has 0 aliphatic carbocycles. The Hall–Kier alpha value is -0.900. The van der Waals surface area contributed by atoms with E-state index in [1.165, 1.54) is 5.56 Å². The SMILES string of the molecule is COCC(NCCN(C(C)C)C(C)C)c1ccccc1. The third-order valence-electron chi connectivity index (χ3n) is 3.62. The molecular weight excluding hydrogens is 248 g/mol. The van der Waals surface area contributed by atoms with Gasteiger partial charge in [-0.1, -0.05) is 30.3 Å².